The lowest BCUT2D eigenvalue weighted by atomic mass is 9.89. The molecule has 2 heterocycles. The van der Waals surface area contributed by atoms with Gasteiger partial charge < -0.3 is 4.90 Å². The summed E-state index contributed by atoms with van der Waals surface area (Å²) >= 11 is 12.7. The van der Waals surface area contributed by atoms with Crippen molar-refractivity contribution in [3.63, 3.8) is 0 Å². The van der Waals surface area contributed by atoms with Gasteiger partial charge in [-0.25, -0.2) is 4.98 Å². The van der Waals surface area contributed by atoms with Gasteiger partial charge in [0.15, 0.2) is 0 Å². The molecule has 4 aromatic rings. The fraction of sp³-hybridized carbons (Fsp3) is 0.174. The predicted octanol–water partition coefficient (Wildman–Crippen LogP) is 6.35. The van der Waals surface area contributed by atoms with E-state index in [9.17, 15) is 0 Å². The van der Waals surface area contributed by atoms with E-state index < -0.39 is 0 Å². The van der Waals surface area contributed by atoms with E-state index in [0.29, 0.717) is 10.0 Å². The summed E-state index contributed by atoms with van der Waals surface area (Å²) < 4.78 is 0. The molecule has 0 radical (unpaired) electrons. The van der Waals surface area contributed by atoms with Gasteiger partial charge in [0.25, 0.3) is 0 Å². The van der Waals surface area contributed by atoms with Crippen LogP contribution in [-0.2, 0) is 13.0 Å². The van der Waals surface area contributed by atoms with Gasteiger partial charge in [-0.1, -0.05) is 53.5 Å². The molecule has 3 aromatic carbocycles. The van der Waals surface area contributed by atoms with Crippen LogP contribution in [0.1, 0.15) is 11.1 Å². The lowest BCUT2D eigenvalue weighted by Gasteiger charge is -2.28. The summed E-state index contributed by atoms with van der Waals surface area (Å²) in [5, 5.41) is 5.10. The zero-order valence-electron chi connectivity index (χ0n) is 15.0. The Kier molecular flexibility index (Phi) is 4.08. The number of halogens is 2. The van der Waals surface area contributed by atoms with Crippen molar-refractivity contribution in [3.8, 4) is 11.3 Å². The van der Waals surface area contributed by atoms with Crippen LogP contribution < -0.4 is 0 Å². The van der Waals surface area contributed by atoms with Gasteiger partial charge in [0, 0.05) is 29.1 Å². The number of fused-ring (bicyclic) bond motifs is 5. The molecule has 1 aliphatic heterocycles. The molecular formula is C23H18Cl2N2. The summed E-state index contributed by atoms with van der Waals surface area (Å²) in [4.78, 5) is 7.42. The quantitative estimate of drug-likeness (QED) is 0.350. The van der Waals surface area contributed by atoms with Crippen LogP contribution in [0, 0.1) is 0 Å². The number of nitrogens with zero attached hydrogens (tertiary/aromatic N) is 2. The van der Waals surface area contributed by atoms with E-state index in [4.69, 9.17) is 28.2 Å². The minimum absolute atomic E-state index is 0.640. The first-order chi connectivity index (χ1) is 13.1. The van der Waals surface area contributed by atoms with Crippen molar-refractivity contribution in [1.29, 1.82) is 0 Å². The molecule has 0 fully saturated rings. The van der Waals surface area contributed by atoms with Crippen LogP contribution >= 0.6 is 23.2 Å². The summed E-state index contributed by atoms with van der Waals surface area (Å²) in [7, 11) is 2.16. The third-order valence-electron chi connectivity index (χ3n) is 5.45. The van der Waals surface area contributed by atoms with Crippen molar-refractivity contribution < 1.29 is 0 Å². The van der Waals surface area contributed by atoms with Gasteiger partial charge in [0.05, 0.1) is 16.2 Å². The molecule has 1 aromatic heterocycles. The first-order valence-corrected chi connectivity index (χ1v) is 9.84. The van der Waals surface area contributed by atoms with Crippen LogP contribution in [0.15, 0.2) is 54.6 Å². The van der Waals surface area contributed by atoms with Crippen LogP contribution in [0.25, 0.3) is 32.9 Å². The third kappa shape index (κ3) is 2.80. The fourth-order valence-corrected chi connectivity index (χ4v) is 4.65. The second-order valence-corrected chi connectivity index (χ2v) is 8.05. The number of hydrogen-bond acceptors (Lipinski definition) is 2. The number of hydrogen-bond donors (Lipinski definition) is 0. The van der Waals surface area contributed by atoms with Crippen molar-refractivity contribution in [2.45, 2.75) is 13.0 Å². The number of benzene rings is 3. The van der Waals surface area contributed by atoms with E-state index in [1.165, 1.54) is 27.3 Å². The molecule has 27 heavy (non-hydrogen) atoms. The molecule has 5 rings (SSSR count). The largest absolute Gasteiger partial charge is 0.302 e. The Balaban J connectivity index is 1.90. The molecule has 0 N–H and O–H groups in total. The van der Waals surface area contributed by atoms with E-state index in [2.05, 4.69) is 48.3 Å². The number of pyridine rings is 1. The molecule has 0 saturated heterocycles. The third-order valence-corrected chi connectivity index (χ3v) is 6.00. The van der Waals surface area contributed by atoms with Crippen molar-refractivity contribution in [3.05, 3.63) is 75.8 Å². The van der Waals surface area contributed by atoms with Gasteiger partial charge >= 0.3 is 0 Å². The van der Waals surface area contributed by atoms with Gasteiger partial charge in [-0.2, -0.15) is 0 Å². The van der Waals surface area contributed by atoms with Crippen LogP contribution in [0.4, 0.5) is 0 Å². The van der Waals surface area contributed by atoms with Crippen molar-refractivity contribution in [2.24, 2.45) is 0 Å². The maximum Gasteiger partial charge on any atom is 0.0772 e. The van der Waals surface area contributed by atoms with Crippen molar-refractivity contribution in [1.82, 2.24) is 9.88 Å². The van der Waals surface area contributed by atoms with Crippen molar-refractivity contribution in [2.75, 3.05) is 13.6 Å². The molecule has 0 unspecified atom stereocenters. The second kappa shape index (κ2) is 6.49. The molecular weight excluding hydrogens is 375 g/mol. The van der Waals surface area contributed by atoms with E-state index in [1.807, 2.05) is 12.1 Å². The summed E-state index contributed by atoms with van der Waals surface area (Å²) in [6, 6.07) is 18.5. The van der Waals surface area contributed by atoms with Gasteiger partial charge in [-0.3, -0.25) is 0 Å². The monoisotopic (exact) mass is 392 g/mol. The zero-order valence-corrected chi connectivity index (χ0v) is 16.5. The first kappa shape index (κ1) is 17.0. The first-order valence-electron chi connectivity index (χ1n) is 9.09. The molecule has 0 atom stereocenters. The van der Waals surface area contributed by atoms with E-state index >= 15 is 0 Å². The topological polar surface area (TPSA) is 16.1 Å². The Labute approximate surface area is 168 Å². The van der Waals surface area contributed by atoms with E-state index in [1.54, 1.807) is 6.07 Å². The predicted molar refractivity (Wildman–Crippen MR) is 115 cm³/mol. The Morgan fingerprint density at radius 1 is 0.963 bits per heavy atom. The minimum atomic E-state index is 0.640. The summed E-state index contributed by atoms with van der Waals surface area (Å²) in [5.41, 5.74) is 5.62. The Morgan fingerprint density at radius 3 is 2.67 bits per heavy atom. The summed E-state index contributed by atoms with van der Waals surface area (Å²) in [6.07, 6.45) is 1.01. The SMILES string of the molecule is CN1CCc2c(c(-c3ccc(Cl)cc3Cl)nc3ccc4ccccc4c23)C1. The van der Waals surface area contributed by atoms with Crippen molar-refractivity contribution >= 4 is 44.9 Å². The number of rotatable bonds is 1. The van der Waals surface area contributed by atoms with Crippen LogP contribution in [-0.4, -0.2) is 23.5 Å². The fourth-order valence-electron chi connectivity index (χ4n) is 4.15. The maximum atomic E-state index is 6.55. The van der Waals surface area contributed by atoms with Crippen LogP contribution in [0.5, 0.6) is 0 Å². The minimum Gasteiger partial charge on any atom is -0.302 e. The normalized spacial score (nSPS) is 14.6. The lowest BCUT2D eigenvalue weighted by Crippen LogP contribution is -2.27. The molecule has 2 nitrogen and oxygen atoms in total. The average molecular weight is 393 g/mol. The highest BCUT2D eigenvalue weighted by Gasteiger charge is 2.23. The van der Waals surface area contributed by atoms with E-state index in [-0.39, 0.29) is 0 Å². The molecule has 0 amide bonds. The molecule has 0 saturated carbocycles. The molecule has 0 bridgehead atoms. The zero-order chi connectivity index (χ0) is 18.5. The highest BCUT2D eigenvalue weighted by molar-refractivity contribution is 6.36. The summed E-state index contributed by atoms with van der Waals surface area (Å²) in [6.45, 7) is 1.92. The second-order valence-electron chi connectivity index (χ2n) is 7.21. The summed E-state index contributed by atoms with van der Waals surface area (Å²) in [5.74, 6) is 0. The van der Waals surface area contributed by atoms with E-state index in [0.717, 1.165) is 36.3 Å². The lowest BCUT2D eigenvalue weighted by molar-refractivity contribution is 0.314. The van der Waals surface area contributed by atoms with Crippen LogP contribution in [0.3, 0.4) is 0 Å². The average Bonchev–Trinajstić information content (AvgIpc) is 2.67. The molecule has 134 valence electrons. The smallest absolute Gasteiger partial charge is 0.0772 e. The molecule has 0 aliphatic carbocycles. The van der Waals surface area contributed by atoms with Gasteiger partial charge in [-0.15, -0.1) is 0 Å². The van der Waals surface area contributed by atoms with Gasteiger partial charge in [0.2, 0.25) is 0 Å². The van der Waals surface area contributed by atoms with Gasteiger partial charge in [-0.05, 0) is 59.6 Å². The highest BCUT2D eigenvalue weighted by Crippen LogP contribution is 2.39. The van der Waals surface area contributed by atoms with Crippen LogP contribution in [0.2, 0.25) is 10.0 Å². The Bertz CT molecular complexity index is 1200. The number of aromatic nitrogens is 1. The standard InChI is InChI=1S/C23H18Cl2N2/c1-27-11-10-17-19(13-27)23(18-8-7-15(24)12-20(18)25)26-21-9-6-14-4-2-3-5-16(14)22(17)21/h2-9,12H,10-11,13H2,1H3. The highest BCUT2D eigenvalue weighted by atomic mass is 35.5. The number of likely N-dealkylation sites (N-methyl/N-ethyl adjacent to an activating group) is 1. The maximum absolute atomic E-state index is 6.55. The molecule has 0 spiro atoms. The van der Waals surface area contributed by atoms with Gasteiger partial charge in [0.1, 0.15) is 0 Å². The molecule has 4 heteroatoms. The Morgan fingerprint density at radius 2 is 1.81 bits per heavy atom. The molecule has 1 aliphatic rings. The Hall–Kier alpha value is -2.13.